The van der Waals surface area contributed by atoms with Gasteiger partial charge in [0.1, 0.15) is 0 Å². The first-order chi connectivity index (χ1) is 8.86. The molecule has 12 heteroatoms. The Morgan fingerprint density at radius 3 is 1.95 bits per heavy atom. The molecule has 0 amide bonds. The van der Waals surface area contributed by atoms with Crippen molar-refractivity contribution in [2.45, 2.75) is 0 Å². The molecular formula is C8H13N3O6S3. The number of hydrogen-bond donors (Lipinski definition) is 3. The molecule has 0 fully saturated rings. The minimum atomic E-state index is -4.10. The van der Waals surface area contributed by atoms with Gasteiger partial charge in [0.15, 0.2) is 14.9 Å². The van der Waals surface area contributed by atoms with E-state index in [-0.39, 0.29) is 11.4 Å². The average molecular weight is 343 g/mol. The van der Waals surface area contributed by atoms with E-state index in [4.69, 9.17) is 5.14 Å². The van der Waals surface area contributed by atoms with E-state index in [0.29, 0.717) is 0 Å². The normalized spacial score (nSPS) is 12.9. The first kappa shape index (κ1) is 16.7. The number of benzene rings is 1. The van der Waals surface area contributed by atoms with Gasteiger partial charge in [0.25, 0.3) is 10.2 Å². The Hall–Kier alpha value is -1.37. The van der Waals surface area contributed by atoms with Crippen LogP contribution in [0.15, 0.2) is 24.3 Å². The monoisotopic (exact) mass is 343 g/mol. The Bertz CT molecular complexity index is 798. The van der Waals surface area contributed by atoms with Gasteiger partial charge in [0, 0.05) is 6.26 Å². The highest BCUT2D eigenvalue weighted by molar-refractivity contribution is 8.08. The summed E-state index contributed by atoms with van der Waals surface area (Å²) < 4.78 is 70.7. The molecule has 0 aromatic heterocycles. The molecule has 0 aliphatic rings. The Balaban J connectivity index is 2.97. The van der Waals surface area contributed by atoms with Gasteiger partial charge in [-0.05, 0) is 18.2 Å². The molecule has 1 aromatic carbocycles. The quantitative estimate of drug-likeness (QED) is 0.605. The zero-order valence-electron chi connectivity index (χ0n) is 10.3. The lowest BCUT2D eigenvalue weighted by Crippen LogP contribution is -2.23. The van der Waals surface area contributed by atoms with Gasteiger partial charge in [-0.1, -0.05) is 6.07 Å². The van der Waals surface area contributed by atoms with E-state index >= 15 is 0 Å². The highest BCUT2D eigenvalue weighted by Crippen LogP contribution is 2.17. The molecule has 9 nitrogen and oxygen atoms in total. The van der Waals surface area contributed by atoms with Crippen LogP contribution in [0.5, 0.6) is 0 Å². The van der Waals surface area contributed by atoms with Crippen LogP contribution in [0, 0.1) is 0 Å². The third kappa shape index (κ3) is 6.70. The largest absolute Gasteiger partial charge is 0.296 e. The fraction of sp³-hybridized carbons (Fsp3) is 0.250. The molecule has 1 rings (SSSR count). The molecule has 0 saturated carbocycles. The van der Waals surface area contributed by atoms with Crippen LogP contribution in [0.25, 0.3) is 0 Å². The fourth-order valence-electron chi connectivity index (χ4n) is 1.30. The topological polar surface area (TPSA) is 152 Å². The van der Waals surface area contributed by atoms with Gasteiger partial charge in [-0.3, -0.25) is 9.44 Å². The third-order valence-electron chi connectivity index (χ3n) is 1.77. The summed E-state index contributed by atoms with van der Waals surface area (Å²) in [6, 6.07) is 5.20. The molecule has 0 bridgehead atoms. The smallest absolute Gasteiger partial charge is 0.283 e. The predicted octanol–water partition coefficient (Wildman–Crippen LogP) is -0.954. The second kappa shape index (κ2) is 5.55. The Labute approximate surface area is 117 Å². The Kier molecular flexibility index (Phi) is 4.63. The number of nitrogens with two attached hydrogens (primary N) is 1. The van der Waals surface area contributed by atoms with Crippen molar-refractivity contribution in [2.75, 3.05) is 20.8 Å². The van der Waals surface area contributed by atoms with Crippen molar-refractivity contribution < 1.29 is 25.3 Å². The zero-order chi connectivity index (χ0) is 15.6. The van der Waals surface area contributed by atoms with Crippen LogP contribution in [0.3, 0.4) is 0 Å². The Morgan fingerprint density at radius 1 is 1.00 bits per heavy atom. The van der Waals surface area contributed by atoms with Crippen molar-refractivity contribution in [3.05, 3.63) is 24.3 Å². The van der Waals surface area contributed by atoms with Crippen LogP contribution in [-0.4, -0.2) is 36.6 Å². The summed E-state index contributed by atoms with van der Waals surface area (Å²) in [4.78, 5) is 0. The molecule has 0 heterocycles. The molecular weight excluding hydrogens is 330 g/mol. The molecule has 114 valence electrons. The van der Waals surface area contributed by atoms with Crippen LogP contribution in [0.2, 0.25) is 0 Å². The molecule has 0 unspecified atom stereocenters. The number of rotatable bonds is 6. The van der Waals surface area contributed by atoms with E-state index in [0.717, 1.165) is 12.3 Å². The third-order valence-corrected chi connectivity index (χ3v) is 5.79. The molecule has 0 atom stereocenters. The minimum Gasteiger partial charge on any atom is -0.283 e. The van der Waals surface area contributed by atoms with Gasteiger partial charge in [-0.25, -0.2) is 22.0 Å². The minimum absolute atomic E-state index is 0.00213. The van der Waals surface area contributed by atoms with E-state index < -0.39 is 35.2 Å². The first-order valence-electron chi connectivity index (χ1n) is 4.95. The van der Waals surface area contributed by atoms with Gasteiger partial charge in [0.05, 0.1) is 11.4 Å². The molecule has 0 spiro atoms. The van der Waals surface area contributed by atoms with Crippen molar-refractivity contribution >= 4 is 41.4 Å². The zero-order valence-corrected chi connectivity index (χ0v) is 12.7. The number of sulfonamides is 1. The van der Waals surface area contributed by atoms with E-state index in [1.54, 1.807) is 0 Å². The lowest BCUT2D eigenvalue weighted by molar-refractivity contribution is 0.594. The average Bonchev–Trinajstić information content (AvgIpc) is 2.09. The number of nitrogens with one attached hydrogen (secondary N) is 2. The van der Waals surface area contributed by atoms with Crippen LogP contribution >= 0.6 is 0 Å². The molecule has 0 saturated heterocycles. The van der Waals surface area contributed by atoms with E-state index in [1.807, 2.05) is 9.44 Å². The van der Waals surface area contributed by atoms with E-state index in [1.165, 1.54) is 18.2 Å². The molecule has 0 radical (unpaired) electrons. The molecule has 20 heavy (non-hydrogen) atoms. The van der Waals surface area contributed by atoms with E-state index in [2.05, 4.69) is 0 Å². The maximum absolute atomic E-state index is 11.6. The van der Waals surface area contributed by atoms with Crippen molar-refractivity contribution in [1.82, 2.24) is 0 Å². The highest BCUT2D eigenvalue weighted by Gasteiger charge is 2.18. The van der Waals surface area contributed by atoms with Gasteiger partial charge in [-0.2, -0.15) is 8.42 Å². The van der Waals surface area contributed by atoms with Crippen molar-refractivity contribution in [3.8, 4) is 0 Å². The second-order valence-electron chi connectivity index (χ2n) is 3.99. The highest BCUT2D eigenvalue weighted by atomic mass is 32.3. The first-order valence-corrected chi connectivity index (χ1v) is 10.2. The predicted molar refractivity (Wildman–Crippen MR) is 75.4 cm³/mol. The second-order valence-corrected chi connectivity index (χ2v) is 9.51. The summed E-state index contributed by atoms with van der Waals surface area (Å²) in [5, 5.41) is 3.69. The summed E-state index contributed by atoms with van der Waals surface area (Å²) >= 11 is 0. The Morgan fingerprint density at radius 2 is 1.50 bits per heavy atom. The van der Waals surface area contributed by atoms with Crippen molar-refractivity contribution in [1.29, 1.82) is 0 Å². The maximum atomic E-state index is 11.6. The maximum Gasteiger partial charge on any atom is 0.296 e. The molecule has 0 aliphatic carbocycles. The lowest BCUT2D eigenvalue weighted by atomic mass is 10.3. The van der Waals surface area contributed by atoms with Crippen LogP contribution in [0.1, 0.15) is 0 Å². The number of hydrogen-bond acceptors (Lipinski definition) is 6. The van der Waals surface area contributed by atoms with E-state index in [9.17, 15) is 25.3 Å². The van der Waals surface area contributed by atoms with Gasteiger partial charge in [-0.15, -0.1) is 0 Å². The molecule has 0 aliphatic heterocycles. The van der Waals surface area contributed by atoms with Crippen LogP contribution in [-0.2, 0) is 30.1 Å². The summed E-state index contributed by atoms with van der Waals surface area (Å²) in [5.41, 5.74) is 0.0364. The summed E-state index contributed by atoms with van der Waals surface area (Å²) in [5.74, 6) is 0. The van der Waals surface area contributed by atoms with Crippen molar-refractivity contribution in [3.63, 3.8) is 0 Å². The lowest BCUT2D eigenvalue weighted by Gasteiger charge is -2.09. The SMILES string of the molecule is CS(=O)(=O)CS(=O)(=O)Nc1cccc(NS(N)(=O)=O)c1. The van der Waals surface area contributed by atoms with Gasteiger partial charge in [0.2, 0.25) is 10.0 Å². The number of sulfone groups is 1. The van der Waals surface area contributed by atoms with Crippen LogP contribution < -0.4 is 14.6 Å². The standard InChI is InChI=1S/C8H13N3O6S3/c1-18(12,13)6-19(14,15)10-7-3-2-4-8(5-7)11-20(9,16)17/h2-5,10-11H,6H2,1H3,(H2,9,16,17). The molecule has 4 N–H and O–H groups in total. The fourth-order valence-corrected chi connectivity index (χ4v) is 4.73. The van der Waals surface area contributed by atoms with Gasteiger partial charge >= 0.3 is 0 Å². The number of anilines is 2. The van der Waals surface area contributed by atoms with Crippen molar-refractivity contribution in [2.24, 2.45) is 5.14 Å². The van der Waals surface area contributed by atoms with Crippen LogP contribution in [0.4, 0.5) is 11.4 Å². The summed E-state index contributed by atoms with van der Waals surface area (Å²) in [6.07, 6.45) is 0.783. The van der Waals surface area contributed by atoms with Gasteiger partial charge < -0.3 is 0 Å². The summed E-state index contributed by atoms with van der Waals surface area (Å²) in [6.45, 7) is 0. The molecule has 1 aromatic rings. The summed E-state index contributed by atoms with van der Waals surface area (Å²) in [7, 11) is -11.8.